The van der Waals surface area contributed by atoms with Crippen LogP contribution in [0.1, 0.15) is 0 Å². The Balaban J connectivity index is 2.16. The van der Waals surface area contributed by atoms with Gasteiger partial charge in [0.05, 0.1) is 25.9 Å². The van der Waals surface area contributed by atoms with Crippen molar-refractivity contribution in [3.8, 4) is 0 Å². The van der Waals surface area contributed by atoms with Crippen LogP contribution in [0, 0.1) is 5.92 Å². The second-order valence-corrected chi connectivity index (χ2v) is 4.16. The summed E-state index contributed by atoms with van der Waals surface area (Å²) < 4.78 is 44.4. The summed E-state index contributed by atoms with van der Waals surface area (Å²) in [7, 11) is 0. The van der Waals surface area contributed by atoms with E-state index in [1.165, 1.54) is 0 Å². The van der Waals surface area contributed by atoms with Gasteiger partial charge >= 0.3 is 18.2 Å². The zero-order chi connectivity index (χ0) is 15.2. The van der Waals surface area contributed by atoms with Gasteiger partial charge in [0.25, 0.3) is 0 Å². The SMILES string of the molecule is O=C(NCCOCC(F)(F)F)NC1COCC1C(=O)O. The summed E-state index contributed by atoms with van der Waals surface area (Å²) in [5, 5.41) is 13.5. The maximum absolute atomic E-state index is 11.7. The summed E-state index contributed by atoms with van der Waals surface area (Å²) in [4.78, 5) is 22.2. The molecule has 7 nitrogen and oxygen atoms in total. The molecule has 3 N–H and O–H groups in total. The predicted octanol–water partition coefficient (Wildman–Crippen LogP) is -0.0359. The zero-order valence-corrected chi connectivity index (χ0v) is 10.4. The molecule has 0 aliphatic carbocycles. The van der Waals surface area contributed by atoms with Crippen LogP contribution >= 0.6 is 0 Å². The molecule has 1 aliphatic rings. The minimum atomic E-state index is -4.40. The van der Waals surface area contributed by atoms with Crippen molar-refractivity contribution < 1.29 is 37.3 Å². The van der Waals surface area contributed by atoms with Crippen LogP contribution in [0.15, 0.2) is 0 Å². The Labute approximate surface area is 112 Å². The van der Waals surface area contributed by atoms with Crippen LogP contribution in [-0.4, -0.2) is 62.3 Å². The van der Waals surface area contributed by atoms with Gasteiger partial charge in [-0.3, -0.25) is 4.79 Å². The van der Waals surface area contributed by atoms with E-state index >= 15 is 0 Å². The van der Waals surface area contributed by atoms with Gasteiger partial charge in [-0.1, -0.05) is 0 Å². The van der Waals surface area contributed by atoms with Crippen molar-refractivity contribution in [2.24, 2.45) is 5.92 Å². The molecule has 10 heteroatoms. The number of aliphatic carboxylic acids is 1. The van der Waals surface area contributed by atoms with Gasteiger partial charge in [0.2, 0.25) is 0 Å². The van der Waals surface area contributed by atoms with E-state index in [4.69, 9.17) is 9.84 Å². The highest BCUT2D eigenvalue weighted by Crippen LogP contribution is 2.14. The van der Waals surface area contributed by atoms with Gasteiger partial charge < -0.3 is 25.2 Å². The van der Waals surface area contributed by atoms with E-state index < -0.39 is 36.7 Å². The number of rotatable bonds is 6. The number of ether oxygens (including phenoxy) is 2. The van der Waals surface area contributed by atoms with E-state index in [1.54, 1.807) is 0 Å². The standard InChI is InChI=1S/C10H15F3N2O5/c11-10(12,13)5-19-2-1-14-9(18)15-7-4-20-3-6(7)8(16)17/h6-7H,1-5H2,(H,16,17)(H2,14,15,18). The molecule has 116 valence electrons. The summed E-state index contributed by atoms with van der Waals surface area (Å²) in [6.45, 7) is -1.71. The molecule has 0 spiro atoms. The third kappa shape index (κ3) is 6.06. The van der Waals surface area contributed by atoms with E-state index in [-0.39, 0.29) is 26.4 Å². The summed E-state index contributed by atoms with van der Waals surface area (Å²) >= 11 is 0. The van der Waals surface area contributed by atoms with E-state index in [0.29, 0.717) is 0 Å². The number of hydrogen-bond donors (Lipinski definition) is 3. The first kappa shape index (κ1) is 16.5. The van der Waals surface area contributed by atoms with Crippen molar-refractivity contribution >= 4 is 12.0 Å². The van der Waals surface area contributed by atoms with Crippen LogP contribution in [0.25, 0.3) is 0 Å². The lowest BCUT2D eigenvalue weighted by molar-refractivity contribution is -0.173. The molecule has 2 unspecified atom stereocenters. The number of amides is 2. The molecular formula is C10H15F3N2O5. The average Bonchev–Trinajstić information content (AvgIpc) is 2.75. The fourth-order valence-corrected chi connectivity index (χ4v) is 1.58. The Bertz CT molecular complexity index is 350. The molecule has 2 atom stereocenters. The largest absolute Gasteiger partial charge is 0.481 e. The molecule has 20 heavy (non-hydrogen) atoms. The summed E-state index contributed by atoms with van der Waals surface area (Å²) in [6.07, 6.45) is -4.40. The van der Waals surface area contributed by atoms with Crippen molar-refractivity contribution in [3.63, 3.8) is 0 Å². The number of carboxylic acids is 1. The number of carbonyl (C=O) groups is 2. The Morgan fingerprint density at radius 3 is 2.65 bits per heavy atom. The number of hydrogen-bond acceptors (Lipinski definition) is 4. The van der Waals surface area contributed by atoms with E-state index in [1.807, 2.05) is 0 Å². The highest BCUT2D eigenvalue weighted by Gasteiger charge is 2.35. The molecule has 1 aliphatic heterocycles. The quantitative estimate of drug-likeness (QED) is 0.598. The van der Waals surface area contributed by atoms with Gasteiger partial charge in [-0.15, -0.1) is 0 Å². The average molecular weight is 300 g/mol. The number of nitrogens with one attached hydrogen (secondary N) is 2. The van der Waals surface area contributed by atoms with Gasteiger partial charge in [0.1, 0.15) is 12.5 Å². The fraction of sp³-hybridized carbons (Fsp3) is 0.800. The third-order valence-electron chi connectivity index (χ3n) is 2.51. The Kier molecular flexibility index (Phi) is 6.02. The molecule has 2 amide bonds. The first-order chi connectivity index (χ1) is 9.29. The zero-order valence-electron chi connectivity index (χ0n) is 10.4. The van der Waals surface area contributed by atoms with Crippen molar-refractivity contribution in [3.05, 3.63) is 0 Å². The number of alkyl halides is 3. The molecule has 0 aromatic heterocycles. The molecule has 1 saturated heterocycles. The van der Waals surface area contributed by atoms with E-state index in [9.17, 15) is 22.8 Å². The van der Waals surface area contributed by atoms with Gasteiger partial charge in [0, 0.05) is 6.54 Å². The maximum atomic E-state index is 11.7. The topological polar surface area (TPSA) is 96.9 Å². The molecule has 1 fully saturated rings. The fourth-order valence-electron chi connectivity index (χ4n) is 1.58. The minimum absolute atomic E-state index is 0.00890. The monoisotopic (exact) mass is 300 g/mol. The lowest BCUT2D eigenvalue weighted by Gasteiger charge is -2.16. The van der Waals surface area contributed by atoms with Crippen molar-refractivity contribution in [1.82, 2.24) is 10.6 Å². The van der Waals surface area contributed by atoms with Crippen molar-refractivity contribution in [1.29, 1.82) is 0 Å². The Morgan fingerprint density at radius 1 is 1.35 bits per heavy atom. The van der Waals surface area contributed by atoms with Gasteiger partial charge in [-0.2, -0.15) is 13.2 Å². The minimum Gasteiger partial charge on any atom is -0.481 e. The summed E-state index contributed by atoms with van der Waals surface area (Å²) in [5.74, 6) is -1.91. The highest BCUT2D eigenvalue weighted by molar-refractivity contribution is 5.77. The van der Waals surface area contributed by atoms with Gasteiger partial charge in [-0.05, 0) is 0 Å². The Hall–Kier alpha value is -1.55. The van der Waals surface area contributed by atoms with Crippen molar-refractivity contribution in [2.45, 2.75) is 12.2 Å². The second kappa shape index (κ2) is 7.29. The molecule has 0 radical (unpaired) electrons. The molecule has 0 bridgehead atoms. The summed E-state index contributed by atoms with van der Waals surface area (Å²) in [5.41, 5.74) is 0. The first-order valence-corrected chi connectivity index (χ1v) is 5.79. The highest BCUT2D eigenvalue weighted by atomic mass is 19.4. The maximum Gasteiger partial charge on any atom is 0.411 e. The Morgan fingerprint density at radius 2 is 2.05 bits per heavy atom. The van der Waals surface area contributed by atoms with Crippen LogP contribution in [0.4, 0.5) is 18.0 Å². The van der Waals surface area contributed by atoms with Crippen LogP contribution in [0.5, 0.6) is 0 Å². The third-order valence-corrected chi connectivity index (χ3v) is 2.51. The second-order valence-electron chi connectivity index (χ2n) is 4.16. The van der Waals surface area contributed by atoms with Gasteiger partial charge in [-0.25, -0.2) is 4.79 Å². The lowest BCUT2D eigenvalue weighted by Crippen LogP contribution is -2.47. The predicted molar refractivity (Wildman–Crippen MR) is 59.1 cm³/mol. The molecule has 0 aromatic carbocycles. The number of carboxylic acid groups (broad SMARTS) is 1. The molecule has 1 heterocycles. The molecule has 0 aromatic rings. The molecular weight excluding hydrogens is 285 g/mol. The van der Waals surface area contributed by atoms with Gasteiger partial charge in [0.15, 0.2) is 0 Å². The molecule has 1 rings (SSSR count). The lowest BCUT2D eigenvalue weighted by atomic mass is 10.0. The first-order valence-electron chi connectivity index (χ1n) is 5.79. The van der Waals surface area contributed by atoms with E-state index in [0.717, 1.165) is 0 Å². The normalized spacial score (nSPS) is 22.6. The number of urea groups is 1. The number of halogens is 3. The van der Waals surface area contributed by atoms with Crippen LogP contribution in [0.2, 0.25) is 0 Å². The smallest absolute Gasteiger partial charge is 0.411 e. The van der Waals surface area contributed by atoms with E-state index in [2.05, 4.69) is 15.4 Å². The summed E-state index contributed by atoms with van der Waals surface area (Å²) in [6, 6.07) is -1.34. The molecule has 0 saturated carbocycles. The van der Waals surface area contributed by atoms with Crippen LogP contribution < -0.4 is 10.6 Å². The van der Waals surface area contributed by atoms with Crippen LogP contribution in [-0.2, 0) is 14.3 Å². The van der Waals surface area contributed by atoms with Crippen LogP contribution in [0.3, 0.4) is 0 Å². The van der Waals surface area contributed by atoms with Crippen molar-refractivity contribution in [2.75, 3.05) is 33.0 Å². The number of carbonyl (C=O) groups excluding carboxylic acids is 1.